The van der Waals surface area contributed by atoms with Gasteiger partial charge in [0.05, 0.1) is 20.2 Å². The number of nitrogens with zero attached hydrogens (tertiary/aromatic N) is 1. The fraction of sp³-hybridized carbons (Fsp3) is 0.455. The van der Waals surface area contributed by atoms with E-state index in [4.69, 9.17) is 5.11 Å². The van der Waals surface area contributed by atoms with Crippen molar-refractivity contribution in [2.75, 3.05) is 18.1 Å². The summed E-state index contributed by atoms with van der Waals surface area (Å²) in [5.74, 6) is -1.82. The molecule has 1 amide bonds. The van der Waals surface area contributed by atoms with Gasteiger partial charge in [0, 0.05) is 10.5 Å². The molecule has 0 aliphatic carbocycles. The standard InChI is InChI=1S/C11H11Br2NO5S2/c12-7-3-8(20-10(7)13)11(17)14(4-9(15)16)6-1-2-21(18,19)5-6/h3,6H,1-2,4-5H2,(H,15,16). The molecule has 1 unspecified atom stereocenters. The lowest BCUT2D eigenvalue weighted by molar-refractivity contribution is -0.138. The number of carboxylic acid groups (broad SMARTS) is 1. The Morgan fingerprint density at radius 2 is 2.10 bits per heavy atom. The molecule has 1 aromatic rings. The number of carbonyl (C=O) groups excluding carboxylic acids is 1. The Hall–Kier alpha value is -0.450. The topological polar surface area (TPSA) is 91.8 Å². The molecule has 1 saturated heterocycles. The van der Waals surface area contributed by atoms with Crippen LogP contribution in [0.1, 0.15) is 16.1 Å². The Morgan fingerprint density at radius 3 is 2.52 bits per heavy atom. The number of aliphatic carboxylic acids is 1. The summed E-state index contributed by atoms with van der Waals surface area (Å²) < 4.78 is 24.5. The van der Waals surface area contributed by atoms with Crippen molar-refractivity contribution in [1.29, 1.82) is 0 Å². The van der Waals surface area contributed by atoms with E-state index in [0.29, 0.717) is 9.35 Å². The summed E-state index contributed by atoms with van der Waals surface area (Å²) in [6, 6.07) is 1.01. The zero-order valence-electron chi connectivity index (χ0n) is 10.6. The van der Waals surface area contributed by atoms with Crippen molar-refractivity contribution in [3.8, 4) is 0 Å². The van der Waals surface area contributed by atoms with Crippen molar-refractivity contribution in [1.82, 2.24) is 4.90 Å². The van der Waals surface area contributed by atoms with Gasteiger partial charge in [-0.3, -0.25) is 9.59 Å². The van der Waals surface area contributed by atoms with Gasteiger partial charge in [-0.05, 0) is 44.3 Å². The first-order valence-corrected chi connectivity index (χ1v) is 10.1. The van der Waals surface area contributed by atoms with Gasteiger partial charge in [-0.2, -0.15) is 0 Å². The molecule has 0 spiro atoms. The first kappa shape index (κ1) is 16.9. The van der Waals surface area contributed by atoms with E-state index in [-0.39, 0.29) is 17.9 Å². The molecule has 1 fully saturated rings. The normalized spacial score (nSPS) is 20.4. The Kier molecular flexibility index (Phi) is 5.11. The van der Waals surface area contributed by atoms with Crippen molar-refractivity contribution in [2.24, 2.45) is 0 Å². The minimum Gasteiger partial charge on any atom is -0.480 e. The van der Waals surface area contributed by atoms with Crippen LogP contribution in [-0.4, -0.2) is 54.4 Å². The molecule has 0 aromatic carbocycles. The molecular formula is C11H11Br2NO5S2. The third kappa shape index (κ3) is 4.05. The van der Waals surface area contributed by atoms with Crippen LogP contribution in [0.25, 0.3) is 0 Å². The largest absolute Gasteiger partial charge is 0.480 e. The second-order valence-electron chi connectivity index (χ2n) is 4.62. The van der Waals surface area contributed by atoms with Crippen LogP contribution in [0.3, 0.4) is 0 Å². The molecule has 1 aromatic heterocycles. The molecule has 1 aliphatic rings. The number of hydrogen-bond donors (Lipinski definition) is 1. The zero-order chi connectivity index (χ0) is 15.8. The van der Waals surface area contributed by atoms with Crippen molar-refractivity contribution >= 4 is 64.9 Å². The molecule has 1 aliphatic heterocycles. The monoisotopic (exact) mass is 459 g/mol. The van der Waals surface area contributed by atoms with Gasteiger partial charge in [-0.1, -0.05) is 0 Å². The molecule has 0 radical (unpaired) electrons. The van der Waals surface area contributed by atoms with E-state index in [9.17, 15) is 18.0 Å². The predicted octanol–water partition coefficient (Wildman–Crippen LogP) is 1.99. The van der Waals surface area contributed by atoms with Gasteiger partial charge in [0.1, 0.15) is 6.54 Å². The maximum Gasteiger partial charge on any atom is 0.323 e. The second kappa shape index (κ2) is 6.35. The molecule has 1 N–H and O–H groups in total. The smallest absolute Gasteiger partial charge is 0.323 e. The quantitative estimate of drug-likeness (QED) is 0.741. The van der Waals surface area contributed by atoms with Gasteiger partial charge in [-0.15, -0.1) is 11.3 Å². The average Bonchev–Trinajstić information content (AvgIpc) is 2.89. The van der Waals surface area contributed by atoms with E-state index in [1.807, 2.05) is 0 Å². The Labute approximate surface area is 142 Å². The maximum atomic E-state index is 12.5. The third-order valence-corrected chi connectivity index (χ3v) is 8.07. The number of thiophene rings is 1. The highest BCUT2D eigenvalue weighted by Gasteiger charge is 2.36. The third-order valence-electron chi connectivity index (χ3n) is 3.07. The Bertz CT molecular complexity index is 665. The number of carboxylic acids is 1. The van der Waals surface area contributed by atoms with E-state index in [1.165, 1.54) is 11.3 Å². The summed E-state index contributed by atoms with van der Waals surface area (Å²) in [5, 5.41) is 8.97. The number of hydrogen-bond acceptors (Lipinski definition) is 5. The van der Waals surface area contributed by atoms with Crippen LogP contribution in [-0.2, 0) is 14.6 Å². The number of carbonyl (C=O) groups is 2. The fourth-order valence-corrected chi connectivity index (χ4v) is 5.85. The minimum atomic E-state index is -3.20. The minimum absolute atomic E-state index is 0.0150. The lowest BCUT2D eigenvalue weighted by atomic mass is 10.2. The van der Waals surface area contributed by atoms with Crippen LogP contribution < -0.4 is 0 Å². The molecule has 2 heterocycles. The fourth-order valence-electron chi connectivity index (χ4n) is 2.13. The Balaban J connectivity index is 2.27. The Morgan fingerprint density at radius 1 is 1.43 bits per heavy atom. The summed E-state index contributed by atoms with van der Waals surface area (Å²) in [5.41, 5.74) is 0. The van der Waals surface area contributed by atoms with E-state index >= 15 is 0 Å². The van der Waals surface area contributed by atoms with Gasteiger partial charge in [-0.25, -0.2) is 8.42 Å². The summed E-state index contributed by atoms with van der Waals surface area (Å²) >= 11 is 7.71. The highest BCUT2D eigenvalue weighted by Crippen LogP contribution is 2.33. The van der Waals surface area contributed by atoms with Crippen molar-refractivity contribution in [2.45, 2.75) is 12.5 Å². The molecule has 116 valence electrons. The molecule has 6 nitrogen and oxygen atoms in total. The number of sulfone groups is 1. The molecule has 2 rings (SSSR count). The van der Waals surface area contributed by atoms with Crippen LogP contribution in [0.15, 0.2) is 14.3 Å². The summed E-state index contributed by atoms with van der Waals surface area (Å²) in [7, 11) is -3.20. The van der Waals surface area contributed by atoms with Crippen molar-refractivity contribution in [3.05, 3.63) is 19.2 Å². The predicted molar refractivity (Wildman–Crippen MR) is 85.5 cm³/mol. The van der Waals surface area contributed by atoms with Crippen LogP contribution >= 0.6 is 43.2 Å². The van der Waals surface area contributed by atoms with Crippen LogP contribution in [0, 0.1) is 0 Å². The first-order valence-electron chi connectivity index (χ1n) is 5.87. The SMILES string of the molecule is O=C(O)CN(C(=O)c1cc(Br)c(Br)s1)C1CCS(=O)(=O)C1. The van der Waals surface area contributed by atoms with Crippen molar-refractivity contribution in [3.63, 3.8) is 0 Å². The summed E-state index contributed by atoms with van der Waals surface area (Å²) in [4.78, 5) is 25.0. The van der Waals surface area contributed by atoms with E-state index < -0.39 is 34.3 Å². The van der Waals surface area contributed by atoms with Crippen LogP contribution in [0.2, 0.25) is 0 Å². The van der Waals surface area contributed by atoms with Gasteiger partial charge in [0.2, 0.25) is 0 Å². The van der Waals surface area contributed by atoms with Crippen LogP contribution in [0.4, 0.5) is 0 Å². The van der Waals surface area contributed by atoms with Gasteiger partial charge < -0.3 is 10.0 Å². The van der Waals surface area contributed by atoms with Crippen molar-refractivity contribution < 1.29 is 23.1 Å². The molecule has 21 heavy (non-hydrogen) atoms. The molecule has 0 bridgehead atoms. The average molecular weight is 461 g/mol. The lowest BCUT2D eigenvalue weighted by Gasteiger charge is -2.25. The summed E-state index contributed by atoms with van der Waals surface area (Å²) in [6.45, 7) is -0.508. The number of halogens is 2. The van der Waals surface area contributed by atoms with Gasteiger partial charge in [0.25, 0.3) is 5.91 Å². The lowest BCUT2D eigenvalue weighted by Crippen LogP contribution is -2.43. The highest BCUT2D eigenvalue weighted by atomic mass is 79.9. The highest BCUT2D eigenvalue weighted by molar-refractivity contribution is 9.13. The van der Waals surface area contributed by atoms with Gasteiger partial charge in [0.15, 0.2) is 9.84 Å². The first-order chi connectivity index (χ1) is 9.69. The molecular weight excluding hydrogens is 450 g/mol. The van der Waals surface area contributed by atoms with Crippen LogP contribution in [0.5, 0.6) is 0 Å². The van der Waals surface area contributed by atoms with E-state index in [1.54, 1.807) is 6.07 Å². The second-order valence-corrected chi connectivity index (χ2v) is 10.1. The number of amides is 1. The summed E-state index contributed by atoms with van der Waals surface area (Å²) in [6.07, 6.45) is 0.273. The van der Waals surface area contributed by atoms with E-state index in [2.05, 4.69) is 31.9 Å². The maximum absolute atomic E-state index is 12.5. The van der Waals surface area contributed by atoms with Gasteiger partial charge >= 0.3 is 5.97 Å². The zero-order valence-corrected chi connectivity index (χ0v) is 15.4. The number of rotatable bonds is 4. The molecule has 1 atom stereocenters. The molecule has 10 heteroatoms. The van der Waals surface area contributed by atoms with E-state index in [0.717, 1.165) is 8.69 Å². The molecule has 0 saturated carbocycles.